The molecule has 5 aliphatic rings. The van der Waals surface area contributed by atoms with E-state index in [0.29, 0.717) is 113 Å². The van der Waals surface area contributed by atoms with Gasteiger partial charge in [0.1, 0.15) is 47.6 Å². The van der Waals surface area contributed by atoms with Crippen molar-refractivity contribution >= 4 is 144 Å². The first-order valence-electron chi connectivity index (χ1n) is 45.5. The second-order valence-corrected chi connectivity index (χ2v) is 36.8. The first-order valence-corrected chi connectivity index (χ1v) is 47.7. The average Bonchev–Trinajstić information content (AvgIpc) is 1.62. The molecule has 0 unspecified atom stereocenters. The highest BCUT2D eigenvalue weighted by atomic mass is 35.5. The number of halogens is 6. The van der Waals surface area contributed by atoms with Gasteiger partial charge in [-0.05, 0) is 174 Å². The van der Waals surface area contributed by atoms with Gasteiger partial charge in [0.25, 0.3) is 0 Å². The monoisotopic (exact) mass is 2020 g/mol. The Morgan fingerprint density at radius 2 is 0.594 bits per heavy atom. The molecule has 0 saturated heterocycles. The zero-order chi connectivity index (χ0) is 101. The molecule has 0 saturated carbocycles. The minimum atomic E-state index is -0.533. The molecule has 0 fully saturated rings. The van der Waals surface area contributed by atoms with E-state index in [4.69, 9.17) is 142 Å². The van der Waals surface area contributed by atoms with E-state index in [9.17, 15) is 24.0 Å². The molecule has 32 heteroatoms. The van der Waals surface area contributed by atoms with Gasteiger partial charge < -0.3 is 38.0 Å². The molecule has 143 heavy (non-hydrogen) atoms. The molecule has 26 nitrogen and oxygen atoms in total. The van der Waals surface area contributed by atoms with Crippen LogP contribution in [-0.4, -0.2) is 110 Å². The first-order chi connectivity index (χ1) is 69.0. The maximum absolute atomic E-state index is 12.6. The predicted octanol–water partition coefficient (Wildman–Crippen LogP) is 26.9. The molecule has 0 aliphatic carbocycles. The van der Waals surface area contributed by atoms with Crippen molar-refractivity contribution in [2.45, 2.75) is 125 Å². The largest absolute Gasteiger partial charge is 0.383 e. The van der Waals surface area contributed by atoms with Gasteiger partial charge in [0.2, 0.25) is 11.8 Å². The van der Waals surface area contributed by atoms with Gasteiger partial charge in [-0.25, -0.2) is 14.5 Å². The van der Waals surface area contributed by atoms with Gasteiger partial charge in [-0.15, -0.1) is 0 Å². The molecule has 5 atom stereocenters. The van der Waals surface area contributed by atoms with Gasteiger partial charge in [-0.2, -0.15) is 0 Å². The van der Waals surface area contributed by atoms with Crippen LogP contribution >= 0.6 is 69.6 Å². The third-order valence-corrected chi connectivity index (χ3v) is 25.6. The number of fused-ring (bicyclic) bond motifs is 15. The third-order valence-electron chi connectivity index (χ3n) is 24.1. The topological polar surface area (TPSA) is 324 Å². The van der Waals surface area contributed by atoms with Crippen molar-refractivity contribution in [2.75, 3.05) is 26.8 Å². The van der Waals surface area contributed by atoms with Crippen LogP contribution in [0, 0.1) is 54.3 Å². The maximum Gasteiger partial charge on any atom is 0.222 e. The van der Waals surface area contributed by atoms with Crippen LogP contribution in [0.4, 0.5) is 17.1 Å². The molecular weight excluding hydrogens is 1930 g/mol. The number of aliphatic imine (C=N–C) groups is 5. The summed E-state index contributed by atoms with van der Waals surface area (Å²) in [6.07, 6.45) is 0.946. The minimum Gasteiger partial charge on any atom is -0.383 e. The Balaban J connectivity index is 0.000000128. The Morgan fingerprint density at radius 3 is 0.916 bits per heavy atom. The van der Waals surface area contributed by atoms with Crippen LogP contribution in [0.1, 0.15) is 203 Å². The minimum absolute atomic E-state index is 0.00788. The lowest BCUT2D eigenvalue weighted by Crippen LogP contribution is -2.28. The SMILES string of the molecule is CC(=O)C[C@@H]1N=C(c2ccc(Cl)cc2)c2cc(Cl)ccc2-c2c(C)noc21.COCCNC(=O)C[C@@H]1N=C(c2ccc(Cl)cc2)c2ccccc2-c2c(C)noc21.[C-]#[N+]c1ccc(C2=N[C@@H](CC(=O)NCC)c3onc(C)c3-c3ccc(Cl)cc32)cc1.[C-]#[N+]c1ccc(C2=N[C@@H](CC(C)=O)c3onc(C)c3-c3ccc(Cl)cc32)cc1.[C-]#[N+]c1ccc(C2=N[C@@H](CC(C)=O)c3onc(C)c3-c3cccc(Cl)c32)cc1. The molecule has 716 valence electrons. The summed E-state index contributed by atoms with van der Waals surface area (Å²) in [6.45, 7) is 38.9. The Kier molecular flexibility index (Phi) is 31.5. The number of nitrogens with zero attached hydrogens (tertiary/aromatic N) is 13. The highest BCUT2D eigenvalue weighted by Gasteiger charge is 2.39. The van der Waals surface area contributed by atoms with Crippen molar-refractivity contribution in [3.63, 3.8) is 0 Å². The van der Waals surface area contributed by atoms with E-state index < -0.39 is 30.2 Å². The highest BCUT2D eigenvalue weighted by molar-refractivity contribution is 6.37. The second kappa shape index (κ2) is 44.7. The summed E-state index contributed by atoms with van der Waals surface area (Å²) < 4.78 is 33.2. The first kappa shape index (κ1) is 101. The average molecular weight is 2020 g/mol. The number of Topliss-reactive ketones (excluding diaryl/α,β-unsaturated/α-hetero) is 3. The molecule has 5 aromatic heterocycles. The number of hydrogen-bond acceptors (Lipinski definition) is 21. The van der Waals surface area contributed by atoms with Crippen molar-refractivity contribution in [3.05, 3.63) is 396 Å². The molecule has 0 spiro atoms. The molecule has 2 amide bonds. The summed E-state index contributed by atoms with van der Waals surface area (Å²) >= 11 is 37.7. The number of benzene rings is 10. The number of ketones is 3. The number of nitrogens with one attached hydrogen (secondary N) is 2. The fourth-order valence-electron chi connectivity index (χ4n) is 17.7. The lowest BCUT2D eigenvalue weighted by molar-refractivity contribution is -0.122. The van der Waals surface area contributed by atoms with E-state index in [2.05, 4.69) is 51.0 Å². The zero-order valence-corrected chi connectivity index (χ0v) is 83.4. The van der Waals surface area contributed by atoms with Crippen molar-refractivity contribution in [1.82, 2.24) is 36.4 Å². The quantitative estimate of drug-likeness (QED) is 0.0561. The number of ether oxygens (including phenoxy) is 1. The summed E-state index contributed by atoms with van der Waals surface area (Å²) in [5.74, 6) is 2.75. The summed E-state index contributed by atoms with van der Waals surface area (Å²) in [5.41, 5.74) is 26.6. The van der Waals surface area contributed by atoms with Gasteiger partial charge in [0.05, 0.1) is 129 Å². The molecule has 10 aromatic carbocycles. The smallest absolute Gasteiger partial charge is 0.222 e. The lowest BCUT2D eigenvalue weighted by atomic mass is 9.92. The summed E-state index contributed by atoms with van der Waals surface area (Å²) in [7, 11) is 1.60. The Hall–Kier alpha value is -15.3. The highest BCUT2D eigenvalue weighted by Crippen LogP contribution is 2.49. The van der Waals surface area contributed by atoms with E-state index >= 15 is 0 Å². The number of hydrogen-bond donors (Lipinski definition) is 2. The number of carbonyl (C=O) groups excluding carboxylic acids is 5. The number of carbonyl (C=O) groups is 5. The predicted molar refractivity (Wildman–Crippen MR) is 555 cm³/mol. The molecule has 20 rings (SSSR count). The van der Waals surface area contributed by atoms with Gasteiger partial charge >= 0.3 is 0 Å². The van der Waals surface area contributed by atoms with Gasteiger partial charge in [0, 0.05) is 104 Å². The van der Waals surface area contributed by atoms with Crippen LogP contribution in [0.5, 0.6) is 0 Å². The summed E-state index contributed by atoms with van der Waals surface area (Å²) in [4.78, 5) is 95.7. The van der Waals surface area contributed by atoms with E-state index in [0.717, 1.165) is 151 Å². The van der Waals surface area contributed by atoms with E-state index in [-0.39, 0.29) is 61.3 Å². The number of methoxy groups -OCH3 is 1. The standard InChI is InChI=1S/C23H19ClN4O2.C23H22ClN3O3.2C22H16ClN3O2.C21H16Cl2N2O2/c1-4-26-20(29)12-19-23-21(13(2)28-30-23)17-10-7-15(24)11-18(17)22(27-19)14-5-8-16(25-3)9-6-14;1-14-21-17-5-3-4-6-18(17)22(15-7-9-16(24)10-8-15)26-19(23(21)30-27-14)13-20(28)25-11-12-29-2;1-12(27)10-19-22-20(13(2)26-28-22)17-9-6-15(23)11-18(17)21(25-19)14-4-7-16(24-3)8-5-14;1-12(27)11-18-22-19(13(2)26-28-22)16-5-4-6-17(23)20(16)21(25-18)14-7-9-15(24-3)10-8-14;1-11(26)9-18-21-19(12(2)25-27-21)16-8-7-15(23)10-17(16)20(24-18)13-3-5-14(22)6-4-13/h5-11,19H,4,12H2,1-2H3,(H,26,29);3-10,19H,11-13H2,1-2H3,(H,25,28);4-9,11,19H,10H2,1-2H3;4-10,18H,11H2,1-2H3;3-8,10,18H,9H2,1-2H3/t3*19-;2*18-/m00000/s1. The van der Waals surface area contributed by atoms with Gasteiger partial charge in [0.15, 0.2) is 45.9 Å². The molecular formula is C111H89Cl6N15O11. The van der Waals surface area contributed by atoms with Crippen LogP contribution in [0.3, 0.4) is 0 Å². The molecule has 10 heterocycles. The van der Waals surface area contributed by atoms with Crippen molar-refractivity contribution in [2.24, 2.45) is 25.0 Å². The molecule has 0 bridgehead atoms. The number of aromatic nitrogens is 5. The van der Waals surface area contributed by atoms with Gasteiger partial charge in [-0.1, -0.05) is 247 Å². The number of rotatable bonds is 19. The fraction of sp³-hybridized carbons (Fsp3) is 0.207. The molecule has 0 radical (unpaired) electrons. The normalized spacial score (nSPS) is 15.1. The van der Waals surface area contributed by atoms with Crippen LogP contribution in [-0.2, 0) is 28.7 Å². The second-order valence-electron chi connectivity index (χ2n) is 34.2. The molecule has 5 aliphatic heterocycles. The van der Waals surface area contributed by atoms with Crippen LogP contribution in [0.15, 0.2) is 266 Å². The Labute approximate surface area is 853 Å². The Morgan fingerprint density at radius 1 is 0.322 bits per heavy atom. The fourth-order valence-corrected chi connectivity index (χ4v) is 18.8. The number of amides is 2. The lowest BCUT2D eigenvalue weighted by Gasteiger charge is -2.13. The van der Waals surface area contributed by atoms with Crippen LogP contribution in [0.25, 0.3) is 70.2 Å². The van der Waals surface area contributed by atoms with Crippen molar-refractivity contribution in [1.29, 1.82) is 0 Å². The summed E-state index contributed by atoms with van der Waals surface area (Å²) in [6, 6.07) is 64.8. The molecule has 2 N–H and O–H groups in total. The zero-order valence-electron chi connectivity index (χ0n) is 78.9. The van der Waals surface area contributed by atoms with Crippen molar-refractivity contribution in [3.8, 4) is 55.6 Å². The maximum atomic E-state index is 12.6. The Bertz CT molecular complexity index is 7760. The van der Waals surface area contributed by atoms with E-state index in [1.54, 1.807) is 50.4 Å². The molecule has 15 aromatic rings. The van der Waals surface area contributed by atoms with Crippen LogP contribution < -0.4 is 10.6 Å². The van der Waals surface area contributed by atoms with Crippen molar-refractivity contribution < 1.29 is 51.3 Å². The number of aryl methyl sites for hydroxylation is 5. The van der Waals surface area contributed by atoms with Crippen LogP contribution in [0.2, 0.25) is 30.1 Å². The van der Waals surface area contributed by atoms with Gasteiger partial charge in [-0.3, -0.25) is 48.9 Å². The van der Waals surface area contributed by atoms with E-state index in [1.165, 1.54) is 13.8 Å². The third kappa shape index (κ3) is 22.2. The summed E-state index contributed by atoms with van der Waals surface area (Å²) in [5, 5.41) is 30.0. The van der Waals surface area contributed by atoms with E-state index in [1.807, 2.05) is 224 Å².